The summed E-state index contributed by atoms with van der Waals surface area (Å²) >= 11 is 0. The van der Waals surface area contributed by atoms with Crippen LogP contribution in [0, 0.1) is 17.8 Å². The van der Waals surface area contributed by atoms with Crippen molar-refractivity contribution in [1.82, 2.24) is 4.98 Å². The summed E-state index contributed by atoms with van der Waals surface area (Å²) in [4.78, 5) is 24.4. The van der Waals surface area contributed by atoms with Crippen LogP contribution in [0.5, 0.6) is 0 Å². The van der Waals surface area contributed by atoms with E-state index in [2.05, 4.69) is 21.2 Å². The number of nitrogens with zero attached hydrogens (tertiary/aromatic N) is 3. The minimum Gasteiger partial charge on any atom is -0.356 e. The number of hydrogen-bond acceptors (Lipinski definition) is 5. The Balaban J connectivity index is 1.80. The molecule has 0 saturated carbocycles. The molecule has 2 N–H and O–H groups in total. The topological polar surface area (TPSA) is 90.5 Å². The third kappa shape index (κ3) is 6.17. The van der Waals surface area contributed by atoms with Gasteiger partial charge in [0.05, 0.1) is 15.3 Å². The first kappa shape index (κ1) is 27.2. The van der Waals surface area contributed by atoms with Crippen molar-refractivity contribution in [2.75, 3.05) is 36.6 Å². The molecule has 1 amide bonds. The quantitative estimate of drug-likeness (QED) is 0.400. The molecule has 198 valence electrons. The summed E-state index contributed by atoms with van der Waals surface area (Å²) in [5.41, 5.74) is 3.60. The van der Waals surface area contributed by atoms with E-state index in [4.69, 9.17) is 4.78 Å². The fraction of sp³-hybridized carbons (Fsp3) is 0.321. The number of hydrogen-bond donors (Lipinski definition) is 2. The lowest BCUT2D eigenvalue weighted by atomic mass is 9.96. The molecule has 2 aromatic carbocycles. The molecule has 38 heavy (non-hydrogen) atoms. The smallest absolute Gasteiger partial charge is 0.310 e. The van der Waals surface area contributed by atoms with E-state index in [0.29, 0.717) is 28.5 Å². The van der Waals surface area contributed by atoms with Gasteiger partial charge in [-0.25, -0.2) is 22.8 Å². The van der Waals surface area contributed by atoms with Crippen LogP contribution in [0.25, 0.3) is 16.0 Å². The van der Waals surface area contributed by atoms with E-state index in [1.807, 2.05) is 31.2 Å². The zero-order valence-electron chi connectivity index (χ0n) is 21.6. The summed E-state index contributed by atoms with van der Waals surface area (Å²) in [5.74, 6) is -2.88. The highest BCUT2D eigenvalue weighted by atomic mass is 32.2. The van der Waals surface area contributed by atoms with Crippen LogP contribution in [0.4, 0.5) is 20.3 Å². The van der Waals surface area contributed by atoms with Crippen molar-refractivity contribution >= 4 is 27.1 Å². The standard InChI is InChI=1S/C28H29F2N5O2S/c1-19-24(21-8-4-7-20(15-21)17-32-2)18-33-26(35-13-6-11-28(29,30)12-14-35)25(19)27(36)34-22-9-5-10-23(16-22)38(3,31)37/h4-5,7-10,15-16,18,31H,6,11-14H2,1-3H3/p+1. The number of anilines is 2. The summed E-state index contributed by atoms with van der Waals surface area (Å²) in [6, 6.07) is 16.8. The Kier molecular flexibility index (Phi) is 7.78. The molecule has 1 aliphatic rings. The van der Waals surface area contributed by atoms with Crippen LogP contribution in [0.15, 0.2) is 59.6 Å². The van der Waals surface area contributed by atoms with Crippen molar-refractivity contribution < 1.29 is 17.8 Å². The molecule has 0 aliphatic carbocycles. The third-order valence-corrected chi connectivity index (χ3v) is 7.67. The monoisotopic (exact) mass is 538 g/mol. The number of halogens is 2. The van der Waals surface area contributed by atoms with Gasteiger partial charge in [-0.2, -0.15) is 0 Å². The lowest BCUT2D eigenvalue weighted by Gasteiger charge is -2.26. The molecule has 4 rings (SSSR count). The number of rotatable bonds is 5. The molecule has 0 radical (unpaired) electrons. The number of alkyl halides is 2. The summed E-state index contributed by atoms with van der Waals surface area (Å²) in [7, 11) is -1.35. The zero-order valence-corrected chi connectivity index (χ0v) is 22.4. The molecular weight excluding hydrogens is 508 g/mol. The van der Waals surface area contributed by atoms with Gasteiger partial charge in [0.1, 0.15) is 11.4 Å². The number of carbonyl (C=O) groups is 1. The molecule has 2 heterocycles. The van der Waals surface area contributed by atoms with E-state index in [1.165, 1.54) is 12.3 Å². The van der Waals surface area contributed by atoms with E-state index in [1.54, 1.807) is 36.3 Å². The van der Waals surface area contributed by atoms with Gasteiger partial charge in [0.25, 0.3) is 13.0 Å². The second kappa shape index (κ2) is 10.9. The summed E-state index contributed by atoms with van der Waals surface area (Å²) in [5, 5.41) is 2.84. The van der Waals surface area contributed by atoms with E-state index in [-0.39, 0.29) is 31.4 Å². The average molecular weight is 539 g/mol. The van der Waals surface area contributed by atoms with Gasteiger partial charge in [0, 0.05) is 54.5 Å². The predicted octanol–water partition coefficient (Wildman–Crippen LogP) is 6.28. The Morgan fingerprint density at radius 2 is 1.95 bits per heavy atom. The molecule has 7 nitrogen and oxygen atoms in total. The van der Waals surface area contributed by atoms with Gasteiger partial charge in [-0.1, -0.05) is 23.0 Å². The van der Waals surface area contributed by atoms with Crippen LogP contribution in [-0.4, -0.2) is 47.4 Å². The highest BCUT2D eigenvalue weighted by Gasteiger charge is 2.33. The molecule has 1 aliphatic heterocycles. The minimum absolute atomic E-state index is 0.0721. The Morgan fingerprint density at radius 1 is 1.18 bits per heavy atom. The molecule has 10 heteroatoms. The number of nitrogens with one attached hydrogen (secondary N) is 2. The number of pyridine rings is 1. The van der Waals surface area contributed by atoms with Gasteiger partial charge >= 0.3 is 6.07 Å². The summed E-state index contributed by atoms with van der Waals surface area (Å²) in [6.07, 6.45) is 2.73. The molecule has 1 saturated heterocycles. The second-order valence-corrected chi connectivity index (χ2v) is 11.6. The molecule has 1 unspecified atom stereocenters. The van der Waals surface area contributed by atoms with Crippen molar-refractivity contribution in [2.24, 2.45) is 0 Å². The zero-order chi connectivity index (χ0) is 27.5. The Morgan fingerprint density at radius 3 is 2.68 bits per heavy atom. The number of carbonyl (C=O) groups excluding carboxylic acids is 1. The summed E-state index contributed by atoms with van der Waals surface area (Å²) < 4.78 is 48.3. The largest absolute Gasteiger partial charge is 0.356 e. The predicted molar refractivity (Wildman–Crippen MR) is 147 cm³/mol. The van der Waals surface area contributed by atoms with E-state index >= 15 is 0 Å². The SMILES string of the molecule is C[N+]#Cc1cccc(-c2cnc(N3CCCC(F)(F)CC3)c(C(=O)Nc3cccc(S(C)(=N)=O)c3)c2C)c1. The first-order valence-corrected chi connectivity index (χ1v) is 14.2. The molecule has 3 aromatic rings. The van der Waals surface area contributed by atoms with Crippen LogP contribution in [0.2, 0.25) is 0 Å². The molecule has 1 atom stereocenters. The van der Waals surface area contributed by atoms with Gasteiger partial charge in [-0.3, -0.25) is 4.79 Å². The Labute approximate surface area is 221 Å². The maximum atomic E-state index is 14.1. The van der Waals surface area contributed by atoms with Gasteiger partial charge in [-0.05, 0) is 54.8 Å². The van der Waals surface area contributed by atoms with Crippen LogP contribution >= 0.6 is 0 Å². The van der Waals surface area contributed by atoms with Crippen molar-refractivity contribution in [2.45, 2.75) is 37.0 Å². The molecule has 1 fully saturated rings. The Bertz CT molecular complexity index is 1540. The van der Waals surface area contributed by atoms with Crippen molar-refractivity contribution in [3.8, 4) is 17.2 Å². The van der Waals surface area contributed by atoms with Crippen LogP contribution in [0.1, 0.15) is 40.7 Å². The number of aromatic nitrogens is 1. The highest BCUT2D eigenvalue weighted by Crippen LogP contribution is 2.35. The average Bonchev–Trinajstić information content (AvgIpc) is 3.04. The lowest BCUT2D eigenvalue weighted by molar-refractivity contribution is -0.0102. The fourth-order valence-corrected chi connectivity index (χ4v) is 5.25. The van der Waals surface area contributed by atoms with Crippen molar-refractivity contribution in [3.05, 3.63) is 76.3 Å². The first-order chi connectivity index (χ1) is 18.0. The molecule has 0 bridgehead atoms. The number of benzene rings is 2. The van der Waals surface area contributed by atoms with Crippen molar-refractivity contribution in [1.29, 1.82) is 4.78 Å². The minimum atomic E-state index is -2.98. The van der Waals surface area contributed by atoms with Crippen LogP contribution in [0.3, 0.4) is 0 Å². The van der Waals surface area contributed by atoms with Crippen molar-refractivity contribution in [3.63, 3.8) is 0 Å². The fourth-order valence-electron chi connectivity index (χ4n) is 4.56. The highest BCUT2D eigenvalue weighted by molar-refractivity contribution is 7.91. The maximum absolute atomic E-state index is 14.1. The summed E-state index contributed by atoms with van der Waals surface area (Å²) in [6.45, 7) is 2.24. The van der Waals surface area contributed by atoms with E-state index in [9.17, 15) is 17.8 Å². The second-order valence-electron chi connectivity index (χ2n) is 9.43. The van der Waals surface area contributed by atoms with Gasteiger partial charge in [0.2, 0.25) is 5.92 Å². The lowest BCUT2D eigenvalue weighted by Crippen LogP contribution is -2.30. The Hall–Kier alpha value is -3.84. The van der Waals surface area contributed by atoms with Gasteiger partial charge in [-0.15, -0.1) is 0 Å². The maximum Gasteiger partial charge on any atom is 0.310 e. The normalized spacial score (nSPS) is 16.5. The molecular formula is C28H30F2N5O2S+. The van der Waals surface area contributed by atoms with E-state index < -0.39 is 21.6 Å². The van der Waals surface area contributed by atoms with Gasteiger partial charge < -0.3 is 10.2 Å². The van der Waals surface area contributed by atoms with Crippen LogP contribution in [-0.2, 0) is 9.73 Å². The molecule has 0 spiro atoms. The van der Waals surface area contributed by atoms with Crippen LogP contribution < -0.4 is 10.2 Å². The molecule has 1 aromatic heterocycles. The third-order valence-electron chi connectivity index (χ3n) is 6.52. The first-order valence-electron chi connectivity index (χ1n) is 12.2. The van der Waals surface area contributed by atoms with E-state index in [0.717, 1.165) is 16.7 Å². The number of amides is 1. The van der Waals surface area contributed by atoms with Gasteiger partial charge in [0.15, 0.2) is 0 Å².